The summed E-state index contributed by atoms with van der Waals surface area (Å²) in [5, 5.41) is 6.61. The first-order valence-corrected chi connectivity index (χ1v) is 14.9. The second-order valence-corrected chi connectivity index (χ2v) is 11.1. The molecule has 3 aromatic heterocycles. The van der Waals surface area contributed by atoms with Crippen LogP contribution in [0.1, 0.15) is 0 Å². The fourth-order valence-corrected chi connectivity index (χ4v) is 6.21. The van der Waals surface area contributed by atoms with Gasteiger partial charge in [-0.05, 0) is 51.6 Å². The predicted octanol–water partition coefficient (Wildman–Crippen LogP) is 10.1. The van der Waals surface area contributed by atoms with E-state index in [1.54, 1.807) is 6.20 Å². The van der Waals surface area contributed by atoms with Crippen LogP contribution in [-0.2, 0) is 0 Å². The van der Waals surface area contributed by atoms with E-state index in [2.05, 4.69) is 96.0 Å². The molecule has 0 radical (unpaired) electrons. The molecule has 9 rings (SSSR count). The van der Waals surface area contributed by atoms with Crippen molar-refractivity contribution in [1.29, 1.82) is 0 Å². The highest BCUT2D eigenvalue weighted by molar-refractivity contribution is 6.11. The van der Waals surface area contributed by atoms with E-state index in [0.29, 0.717) is 17.5 Å². The Balaban J connectivity index is 1.23. The molecule has 0 amide bonds. The minimum atomic E-state index is 0.597. The molecule has 0 saturated heterocycles. The van der Waals surface area contributed by atoms with E-state index in [0.717, 1.165) is 55.0 Å². The number of pyridine rings is 1. The van der Waals surface area contributed by atoms with Crippen molar-refractivity contribution in [3.8, 4) is 45.3 Å². The van der Waals surface area contributed by atoms with Crippen molar-refractivity contribution in [3.63, 3.8) is 0 Å². The van der Waals surface area contributed by atoms with Crippen LogP contribution >= 0.6 is 0 Å². The molecule has 0 fully saturated rings. The third kappa shape index (κ3) is 4.33. The zero-order valence-electron chi connectivity index (χ0n) is 24.1. The number of hydrogen-bond donors (Lipinski definition) is 0. The standard InChI is InChI=1S/C40H24N4O/c1-2-9-31-25(7-1)8-5-11-32(31)26-15-17-27(18-16-26)38-42-39(29-19-20-30-24-41-22-21-28(30)23-29)44-40(43-38)34-12-6-14-36-37(34)33-10-3-4-13-35(33)45-36/h1-24H. The van der Waals surface area contributed by atoms with Crippen LogP contribution in [0.5, 0.6) is 0 Å². The second-order valence-electron chi connectivity index (χ2n) is 11.1. The number of hydrogen-bond acceptors (Lipinski definition) is 5. The Kier molecular flexibility index (Phi) is 5.74. The Hall–Kier alpha value is -6.20. The van der Waals surface area contributed by atoms with Crippen LogP contribution in [0.3, 0.4) is 0 Å². The van der Waals surface area contributed by atoms with E-state index in [1.165, 1.54) is 16.3 Å². The SMILES string of the molecule is c1ccc2c(-c3ccc(-c4nc(-c5ccc6cnccc6c5)nc(-c5cccc6oc7ccccc7c56)n4)cc3)cccc2c1. The highest BCUT2D eigenvalue weighted by atomic mass is 16.3. The number of fused-ring (bicyclic) bond motifs is 5. The largest absolute Gasteiger partial charge is 0.456 e. The molecule has 0 aliphatic carbocycles. The molecule has 0 saturated carbocycles. The lowest BCUT2D eigenvalue weighted by molar-refractivity contribution is 0.669. The van der Waals surface area contributed by atoms with Crippen LogP contribution in [0.15, 0.2) is 150 Å². The topological polar surface area (TPSA) is 64.7 Å². The van der Waals surface area contributed by atoms with Gasteiger partial charge in [-0.1, -0.05) is 109 Å². The van der Waals surface area contributed by atoms with Crippen LogP contribution < -0.4 is 0 Å². The lowest BCUT2D eigenvalue weighted by atomic mass is 9.97. The third-order valence-corrected chi connectivity index (χ3v) is 8.42. The summed E-state index contributed by atoms with van der Waals surface area (Å²) in [7, 11) is 0. The Morgan fingerprint density at radius 2 is 1.09 bits per heavy atom. The lowest BCUT2D eigenvalue weighted by Gasteiger charge is -2.11. The van der Waals surface area contributed by atoms with Gasteiger partial charge in [0.05, 0.1) is 0 Å². The van der Waals surface area contributed by atoms with Crippen molar-refractivity contribution < 1.29 is 4.42 Å². The molecule has 6 aromatic carbocycles. The summed E-state index contributed by atoms with van der Waals surface area (Å²) in [4.78, 5) is 19.4. The fraction of sp³-hybridized carbons (Fsp3) is 0. The summed E-state index contributed by atoms with van der Waals surface area (Å²) >= 11 is 0. The summed E-state index contributed by atoms with van der Waals surface area (Å²) in [5.41, 5.74) is 6.70. The van der Waals surface area contributed by atoms with Crippen LogP contribution in [0.4, 0.5) is 0 Å². The van der Waals surface area contributed by atoms with Gasteiger partial charge in [-0.2, -0.15) is 0 Å². The Morgan fingerprint density at radius 3 is 2.00 bits per heavy atom. The van der Waals surface area contributed by atoms with Crippen molar-refractivity contribution in [2.75, 3.05) is 0 Å². The number of aromatic nitrogens is 4. The van der Waals surface area contributed by atoms with E-state index >= 15 is 0 Å². The summed E-state index contributed by atoms with van der Waals surface area (Å²) < 4.78 is 6.20. The van der Waals surface area contributed by atoms with Crippen LogP contribution in [0, 0.1) is 0 Å². The number of rotatable bonds is 4. The van der Waals surface area contributed by atoms with Crippen molar-refractivity contribution >= 4 is 43.5 Å². The Labute approximate surface area is 258 Å². The molecule has 9 aromatic rings. The second kappa shape index (κ2) is 10.2. The molecule has 0 N–H and O–H groups in total. The molecule has 0 aliphatic heterocycles. The van der Waals surface area contributed by atoms with E-state index in [-0.39, 0.29) is 0 Å². The van der Waals surface area contributed by atoms with Crippen LogP contribution in [-0.4, -0.2) is 19.9 Å². The molecule has 0 spiro atoms. The van der Waals surface area contributed by atoms with Crippen molar-refractivity contribution in [3.05, 3.63) is 146 Å². The average Bonchev–Trinajstić information content (AvgIpc) is 3.50. The average molecular weight is 577 g/mol. The number of para-hydroxylation sites is 1. The highest BCUT2D eigenvalue weighted by Crippen LogP contribution is 2.37. The van der Waals surface area contributed by atoms with Crippen molar-refractivity contribution in [1.82, 2.24) is 19.9 Å². The summed E-state index contributed by atoms with van der Waals surface area (Å²) in [6.07, 6.45) is 3.67. The minimum Gasteiger partial charge on any atom is -0.456 e. The monoisotopic (exact) mass is 576 g/mol. The van der Waals surface area contributed by atoms with Crippen LogP contribution in [0.25, 0.3) is 88.8 Å². The Morgan fingerprint density at radius 1 is 0.422 bits per heavy atom. The maximum absolute atomic E-state index is 6.20. The van der Waals surface area contributed by atoms with Gasteiger partial charge >= 0.3 is 0 Å². The van der Waals surface area contributed by atoms with Gasteiger partial charge in [0.25, 0.3) is 0 Å². The number of furan rings is 1. The fourth-order valence-electron chi connectivity index (χ4n) is 6.21. The zero-order chi connectivity index (χ0) is 29.7. The maximum Gasteiger partial charge on any atom is 0.164 e. The van der Waals surface area contributed by atoms with E-state index in [4.69, 9.17) is 19.4 Å². The van der Waals surface area contributed by atoms with Crippen LogP contribution in [0.2, 0.25) is 0 Å². The third-order valence-electron chi connectivity index (χ3n) is 8.42. The maximum atomic E-state index is 6.20. The molecular formula is C40H24N4O. The lowest BCUT2D eigenvalue weighted by Crippen LogP contribution is -2.00. The van der Waals surface area contributed by atoms with Crippen molar-refractivity contribution in [2.24, 2.45) is 0 Å². The molecule has 0 bridgehead atoms. The molecule has 5 nitrogen and oxygen atoms in total. The normalized spacial score (nSPS) is 11.6. The van der Waals surface area contributed by atoms with Gasteiger partial charge in [-0.25, -0.2) is 15.0 Å². The number of benzene rings is 6. The molecule has 0 aliphatic rings. The minimum absolute atomic E-state index is 0.597. The van der Waals surface area contributed by atoms with E-state index in [1.807, 2.05) is 48.7 Å². The summed E-state index contributed by atoms with van der Waals surface area (Å²) in [6.45, 7) is 0. The molecule has 5 heteroatoms. The van der Waals surface area contributed by atoms with Gasteiger partial charge < -0.3 is 4.42 Å². The van der Waals surface area contributed by atoms with E-state index in [9.17, 15) is 0 Å². The quantitative estimate of drug-likeness (QED) is 0.209. The molecular weight excluding hydrogens is 552 g/mol. The van der Waals surface area contributed by atoms with Gasteiger partial charge in [-0.15, -0.1) is 0 Å². The smallest absolute Gasteiger partial charge is 0.164 e. The van der Waals surface area contributed by atoms with E-state index < -0.39 is 0 Å². The summed E-state index contributed by atoms with van der Waals surface area (Å²) in [6, 6.07) is 45.7. The zero-order valence-corrected chi connectivity index (χ0v) is 24.1. The first-order chi connectivity index (χ1) is 22.3. The van der Waals surface area contributed by atoms with Gasteiger partial charge in [0.1, 0.15) is 11.2 Å². The highest BCUT2D eigenvalue weighted by Gasteiger charge is 2.18. The Bertz CT molecular complexity index is 2550. The first-order valence-electron chi connectivity index (χ1n) is 14.9. The molecule has 0 atom stereocenters. The van der Waals surface area contributed by atoms with Gasteiger partial charge in [0.15, 0.2) is 17.5 Å². The van der Waals surface area contributed by atoms with Gasteiger partial charge in [0, 0.05) is 45.2 Å². The first kappa shape index (κ1) is 25.3. The molecule has 45 heavy (non-hydrogen) atoms. The summed E-state index contributed by atoms with van der Waals surface area (Å²) in [5.74, 6) is 1.82. The predicted molar refractivity (Wildman–Crippen MR) is 182 cm³/mol. The molecule has 3 heterocycles. The number of nitrogens with zero attached hydrogens (tertiary/aromatic N) is 4. The van der Waals surface area contributed by atoms with Gasteiger partial charge in [-0.3, -0.25) is 4.98 Å². The molecule has 0 unspecified atom stereocenters. The van der Waals surface area contributed by atoms with Crippen molar-refractivity contribution in [2.45, 2.75) is 0 Å². The molecule has 210 valence electrons. The van der Waals surface area contributed by atoms with Gasteiger partial charge in [0.2, 0.25) is 0 Å².